The van der Waals surface area contributed by atoms with Crippen molar-refractivity contribution in [1.82, 2.24) is 0 Å². The van der Waals surface area contributed by atoms with Crippen LogP contribution < -0.4 is 20.5 Å². The Morgan fingerprint density at radius 2 is 1.95 bits per heavy atom. The number of hydrogen-bond acceptors (Lipinski definition) is 3. The molecule has 1 atom stereocenters. The Bertz CT molecular complexity index is 497. The normalized spacial score (nSPS) is 20.8. The molecular formula is C14H21N3O2. The maximum Gasteiger partial charge on any atom is 0.193 e. The van der Waals surface area contributed by atoms with Gasteiger partial charge in [-0.1, -0.05) is 13.8 Å². The van der Waals surface area contributed by atoms with Crippen LogP contribution in [0.3, 0.4) is 0 Å². The summed E-state index contributed by atoms with van der Waals surface area (Å²) in [7, 11) is 3.21. The van der Waals surface area contributed by atoms with Crippen molar-refractivity contribution in [3.05, 3.63) is 18.2 Å². The molecule has 5 nitrogen and oxygen atoms in total. The van der Waals surface area contributed by atoms with E-state index >= 15 is 0 Å². The second-order valence-corrected chi connectivity index (χ2v) is 5.42. The zero-order valence-corrected chi connectivity index (χ0v) is 11.9. The summed E-state index contributed by atoms with van der Waals surface area (Å²) in [6.45, 7) is 4.37. The Balaban J connectivity index is 2.07. The highest BCUT2D eigenvalue weighted by Gasteiger charge is 2.45. The molecule has 0 aromatic heterocycles. The van der Waals surface area contributed by atoms with Gasteiger partial charge in [-0.05, 0) is 24.0 Å². The van der Waals surface area contributed by atoms with E-state index in [1.807, 2.05) is 18.2 Å². The molecule has 0 aliphatic heterocycles. The smallest absolute Gasteiger partial charge is 0.193 e. The Morgan fingerprint density at radius 1 is 1.32 bits per heavy atom. The highest BCUT2D eigenvalue weighted by atomic mass is 16.5. The van der Waals surface area contributed by atoms with Gasteiger partial charge in [-0.3, -0.25) is 0 Å². The standard InChI is InChI=1S/C14H21N3O2/c1-14(2)8-12(14)17-13(15)16-9-5-6-10(18-3)11(7-9)19-4/h5-7,12H,8H2,1-4H3,(H3,15,16,17). The van der Waals surface area contributed by atoms with Crippen LogP contribution in [0.4, 0.5) is 5.69 Å². The Kier molecular flexibility index (Phi) is 3.55. The monoisotopic (exact) mass is 263 g/mol. The van der Waals surface area contributed by atoms with Gasteiger partial charge in [0.05, 0.1) is 20.3 Å². The van der Waals surface area contributed by atoms with Crippen molar-refractivity contribution < 1.29 is 9.47 Å². The van der Waals surface area contributed by atoms with Crippen LogP contribution >= 0.6 is 0 Å². The minimum absolute atomic E-state index is 0.282. The van der Waals surface area contributed by atoms with Crippen LogP contribution in [0.15, 0.2) is 23.2 Å². The summed E-state index contributed by atoms with van der Waals surface area (Å²) >= 11 is 0. The lowest BCUT2D eigenvalue weighted by atomic mass is 10.2. The summed E-state index contributed by atoms with van der Waals surface area (Å²) in [6.07, 6.45) is 1.08. The van der Waals surface area contributed by atoms with E-state index in [-0.39, 0.29) is 5.41 Å². The quantitative estimate of drug-likeness (QED) is 0.645. The zero-order valence-electron chi connectivity index (χ0n) is 11.9. The number of nitrogens with zero attached hydrogens (tertiary/aromatic N) is 1. The predicted octanol–water partition coefficient (Wildman–Crippen LogP) is 2.23. The van der Waals surface area contributed by atoms with E-state index in [9.17, 15) is 0 Å². The minimum atomic E-state index is 0.282. The van der Waals surface area contributed by atoms with Gasteiger partial charge in [-0.2, -0.15) is 0 Å². The van der Waals surface area contributed by atoms with E-state index < -0.39 is 0 Å². The highest BCUT2D eigenvalue weighted by Crippen LogP contribution is 2.47. The molecule has 0 heterocycles. The molecule has 0 radical (unpaired) electrons. The van der Waals surface area contributed by atoms with Gasteiger partial charge in [0.2, 0.25) is 0 Å². The number of nitrogens with one attached hydrogen (secondary N) is 1. The Labute approximate surface area is 113 Å². The van der Waals surface area contributed by atoms with Crippen molar-refractivity contribution in [3.63, 3.8) is 0 Å². The molecule has 1 aliphatic carbocycles. The third-order valence-corrected chi connectivity index (χ3v) is 3.41. The lowest BCUT2D eigenvalue weighted by molar-refractivity contribution is 0.355. The molecule has 0 spiro atoms. The van der Waals surface area contributed by atoms with Crippen molar-refractivity contribution in [2.45, 2.75) is 26.3 Å². The van der Waals surface area contributed by atoms with Gasteiger partial charge in [0.1, 0.15) is 0 Å². The van der Waals surface area contributed by atoms with Gasteiger partial charge in [0.25, 0.3) is 0 Å². The van der Waals surface area contributed by atoms with Crippen LogP contribution in [0.25, 0.3) is 0 Å². The average Bonchev–Trinajstić information content (AvgIpc) is 2.95. The topological polar surface area (TPSA) is 68.9 Å². The molecule has 19 heavy (non-hydrogen) atoms. The van der Waals surface area contributed by atoms with Crippen molar-refractivity contribution >= 4 is 11.6 Å². The van der Waals surface area contributed by atoms with Crippen molar-refractivity contribution in [2.75, 3.05) is 19.5 Å². The number of hydrogen-bond donors (Lipinski definition) is 2. The summed E-state index contributed by atoms with van der Waals surface area (Å²) in [6, 6.07) is 5.86. The summed E-state index contributed by atoms with van der Waals surface area (Å²) in [5, 5.41) is 3.07. The molecule has 0 saturated heterocycles. The average molecular weight is 263 g/mol. The van der Waals surface area contributed by atoms with Crippen LogP contribution in [0, 0.1) is 5.41 Å². The van der Waals surface area contributed by atoms with Crippen LogP contribution in [-0.2, 0) is 0 Å². The van der Waals surface area contributed by atoms with Gasteiger partial charge in [-0.25, -0.2) is 4.99 Å². The molecule has 1 aromatic rings. The SMILES string of the molecule is COc1ccc(NC(N)=NC2CC2(C)C)cc1OC. The fourth-order valence-electron chi connectivity index (χ4n) is 1.92. The molecule has 104 valence electrons. The van der Waals surface area contributed by atoms with Gasteiger partial charge >= 0.3 is 0 Å². The molecule has 1 aliphatic rings. The van der Waals surface area contributed by atoms with Crippen molar-refractivity contribution in [2.24, 2.45) is 16.1 Å². The number of anilines is 1. The summed E-state index contributed by atoms with van der Waals surface area (Å²) in [5.74, 6) is 1.78. The molecule has 0 bridgehead atoms. The lowest BCUT2D eigenvalue weighted by Gasteiger charge is -2.11. The molecule has 2 rings (SSSR count). The van der Waals surface area contributed by atoms with E-state index in [2.05, 4.69) is 24.2 Å². The molecular weight excluding hydrogens is 242 g/mol. The number of rotatable bonds is 4. The highest BCUT2D eigenvalue weighted by molar-refractivity contribution is 5.92. The van der Waals surface area contributed by atoms with Crippen LogP contribution in [0.2, 0.25) is 0 Å². The molecule has 1 unspecified atom stereocenters. The maximum absolute atomic E-state index is 5.90. The fourth-order valence-corrected chi connectivity index (χ4v) is 1.92. The second kappa shape index (κ2) is 4.99. The fraction of sp³-hybridized carbons (Fsp3) is 0.500. The van der Waals surface area contributed by atoms with E-state index in [1.165, 1.54) is 0 Å². The van der Waals surface area contributed by atoms with Crippen LogP contribution in [0.1, 0.15) is 20.3 Å². The molecule has 1 saturated carbocycles. The summed E-state index contributed by atoms with van der Waals surface area (Å²) in [5.41, 5.74) is 7.01. The maximum atomic E-state index is 5.90. The molecule has 5 heteroatoms. The van der Waals surface area contributed by atoms with Gasteiger partial charge in [0.15, 0.2) is 17.5 Å². The number of ether oxygens (including phenoxy) is 2. The molecule has 1 aromatic carbocycles. The van der Waals surface area contributed by atoms with Gasteiger partial charge in [-0.15, -0.1) is 0 Å². The first-order chi connectivity index (χ1) is 8.96. The number of methoxy groups -OCH3 is 2. The van der Waals surface area contributed by atoms with Crippen molar-refractivity contribution in [1.29, 1.82) is 0 Å². The summed E-state index contributed by atoms with van der Waals surface area (Å²) < 4.78 is 10.4. The first-order valence-electron chi connectivity index (χ1n) is 6.28. The molecule has 3 N–H and O–H groups in total. The summed E-state index contributed by atoms with van der Waals surface area (Å²) in [4.78, 5) is 4.45. The number of benzene rings is 1. The first-order valence-corrected chi connectivity index (χ1v) is 6.28. The van der Waals surface area contributed by atoms with Crippen LogP contribution in [-0.4, -0.2) is 26.2 Å². The Hall–Kier alpha value is -1.91. The van der Waals surface area contributed by atoms with E-state index in [0.717, 1.165) is 12.1 Å². The van der Waals surface area contributed by atoms with Crippen molar-refractivity contribution in [3.8, 4) is 11.5 Å². The molecule has 1 fully saturated rings. The zero-order chi connectivity index (χ0) is 14.0. The van der Waals surface area contributed by atoms with E-state index in [0.29, 0.717) is 23.5 Å². The first kappa shape index (κ1) is 13.5. The largest absolute Gasteiger partial charge is 0.493 e. The second-order valence-electron chi connectivity index (χ2n) is 5.42. The number of nitrogens with two attached hydrogens (primary N) is 1. The third-order valence-electron chi connectivity index (χ3n) is 3.41. The number of guanidine groups is 1. The Morgan fingerprint density at radius 3 is 2.47 bits per heavy atom. The van der Waals surface area contributed by atoms with E-state index in [1.54, 1.807) is 14.2 Å². The van der Waals surface area contributed by atoms with Gasteiger partial charge < -0.3 is 20.5 Å². The third kappa shape index (κ3) is 3.10. The molecule has 0 amide bonds. The predicted molar refractivity (Wildman–Crippen MR) is 77.0 cm³/mol. The van der Waals surface area contributed by atoms with Gasteiger partial charge in [0, 0.05) is 11.8 Å². The minimum Gasteiger partial charge on any atom is -0.493 e. The number of aliphatic imine (C=N–C) groups is 1. The lowest BCUT2D eigenvalue weighted by Crippen LogP contribution is -2.23. The van der Waals surface area contributed by atoms with Crippen LogP contribution in [0.5, 0.6) is 11.5 Å². The van der Waals surface area contributed by atoms with E-state index in [4.69, 9.17) is 15.2 Å².